The maximum atomic E-state index is 13.4. The third-order valence-electron chi connectivity index (χ3n) is 6.00. The molecule has 0 unspecified atom stereocenters. The van der Waals surface area contributed by atoms with Gasteiger partial charge in [0.05, 0.1) is 13.7 Å². The Balaban J connectivity index is 1.65. The van der Waals surface area contributed by atoms with Gasteiger partial charge in [-0.05, 0) is 62.0 Å². The zero-order chi connectivity index (χ0) is 22.2. The fourth-order valence-electron chi connectivity index (χ4n) is 4.09. The highest BCUT2D eigenvalue weighted by molar-refractivity contribution is 7.09. The third kappa shape index (κ3) is 6.55. The number of methoxy groups -OCH3 is 1. The van der Waals surface area contributed by atoms with Crippen molar-refractivity contribution in [2.24, 2.45) is 5.92 Å². The summed E-state index contributed by atoms with van der Waals surface area (Å²) in [5, 5.41) is 4.82. The number of likely N-dealkylation sites (tertiary alicyclic amines) is 1. The van der Waals surface area contributed by atoms with E-state index in [0.717, 1.165) is 43.7 Å². The number of nitrogens with zero attached hydrogens (tertiary/aromatic N) is 2. The van der Waals surface area contributed by atoms with Gasteiger partial charge >= 0.3 is 0 Å². The second kappa shape index (κ2) is 11.3. The van der Waals surface area contributed by atoms with E-state index >= 15 is 0 Å². The van der Waals surface area contributed by atoms with E-state index < -0.39 is 0 Å². The second-order valence-corrected chi connectivity index (χ2v) is 9.20. The number of nitrogens with one attached hydrogen (secondary N) is 1. The van der Waals surface area contributed by atoms with E-state index in [-0.39, 0.29) is 23.8 Å². The van der Waals surface area contributed by atoms with E-state index in [2.05, 4.69) is 34.7 Å². The summed E-state index contributed by atoms with van der Waals surface area (Å²) in [6.45, 7) is 4.65. The Morgan fingerprint density at radius 1 is 1.23 bits per heavy atom. The topological polar surface area (TPSA) is 61.9 Å². The lowest BCUT2D eigenvalue weighted by atomic mass is 9.96. The maximum absolute atomic E-state index is 13.4. The maximum Gasteiger partial charge on any atom is 0.237 e. The zero-order valence-electron chi connectivity index (χ0n) is 18.7. The van der Waals surface area contributed by atoms with Crippen molar-refractivity contribution in [2.45, 2.75) is 38.8 Å². The zero-order valence-corrected chi connectivity index (χ0v) is 19.5. The summed E-state index contributed by atoms with van der Waals surface area (Å²) < 4.78 is 5.26. The van der Waals surface area contributed by atoms with Crippen LogP contribution in [0.1, 0.15) is 30.2 Å². The van der Waals surface area contributed by atoms with Gasteiger partial charge in [-0.3, -0.25) is 14.5 Å². The molecular weight excluding hydrogens is 410 g/mol. The molecule has 3 rings (SSSR count). The van der Waals surface area contributed by atoms with Gasteiger partial charge in [-0.25, -0.2) is 0 Å². The summed E-state index contributed by atoms with van der Waals surface area (Å²) in [7, 11) is 3.34. The molecule has 1 atom stereocenters. The standard InChI is InChI=1S/C24H33N3O3S/c1-18(15-22-5-4-14-31-22)27(16-19-6-8-21(30-3)9-7-19)23(28)17-26-12-10-20(11-13-26)24(29)25-2/h4-9,14,18,20H,10-13,15-17H2,1-3H3,(H,25,29)/t18-/m0/s1. The van der Waals surface area contributed by atoms with Crippen molar-refractivity contribution in [3.8, 4) is 5.75 Å². The first-order chi connectivity index (χ1) is 15.0. The summed E-state index contributed by atoms with van der Waals surface area (Å²) in [6, 6.07) is 12.2. The van der Waals surface area contributed by atoms with Gasteiger partial charge < -0.3 is 15.0 Å². The number of thiophene rings is 1. The number of hydrogen-bond acceptors (Lipinski definition) is 5. The predicted molar refractivity (Wildman–Crippen MR) is 124 cm³/mol. The highest BCUT2D eigenvalue weighted by atomic mass is 32.1. The van der Waals surface area contributed by atoms with Crippen LogP contribution in [0.15, 0.2) is 41.8 Å². The van der Waals surface area contributed by atoms with E-state index in [1.165, 1.54) is 4.88 Å². The van der Waals surface area contributed by atoms with Gasteiger partial charge in [0, 0.05) is 36.9 Å². The van der Waals surface area contributed by atoms with Gasteiger partial charge in [0.1, 0.15) is 5.75 Å². The smallest absolute Gasteiger partial charge is 0.237 e. The largest absolute Gasteiger partial charge is 0.497 e. The number of carbonyl (C=O) groups excluding carboxylic acids is 2. The first kappa shape index (κ1) is 23.3. The molecule has 31 heavy (non-hydrogen) atoms. The van der Waals surface area contributed by atoms with Crippen molar-refractivity contribution in [1.29, 1.82) is 0 Å². The fraction of sp³-hybridized carbons (Fsp3) is 0.500. The molecule has 1 aromatic heterocycles. The number of rotatable bonds is 9. The van der Waals surface area contributed by atoms with Crippen LogP contribution in [-0.2, 0) is 22.6 Å². The molecule has 2 amide bonds. The van der Waals surface area contributed by atoms with Crippen molar-refractivity contribution >= 4 is 23.2 Å². The summed E-state index contributed by atoms with van der Waals surface area (Å²) >= 11 is 1.73. The molecule has 1 aromatic carbocycles. The molecule has 2 heterocycles. The van der Waals surface area contributed by atoms with E-state index in [4.69, 9.17) is 4.74 Å². The summed E-state index contributed by atoms with van der Waals surface area (Å²) in [5.41, 5.74) is 1.09. The van der Waals surface area contributed by atoms with Gasteiger partial charge in [0.25, 0.3) is 0 Å². The first-order valence-corrected chi connectivity index (χ1v) is 11.8. The number of amides is 2. The molecule has 0 spiro atoms. The Morgan fingerprint density at radius 2 is 1.94 bits per heavy atom. The van der Waals surface area contributed by atoms with Crippen molar-refractivity contribution < 1.29 is 14.3 Å². The fourth-order valence-corrected chi connectivity index (χ4v) is 4.91. The van der Waals surface area contributed by atoms with Crippen LogP contribution in [0, 0.1) is 5.92 Å². The van der Waals surface area contributed by atoms with E-state index in [9.17, 15) is 9.59 Å². The first-order valence-electron chi connectivity index (χ1n) is 10.9. The highest BCUT2D eigenvalue weighted by Crippen LogP contribution is 2.21. The molecular formula is C24H33N3O3S. The van der Waals surface area contributed by atoms with Gasteiger partial charge in [0.15, 0.2) is 0 Å². The van der Waals surface area contributed by atoms with Crippen LogP contribution in [-0.4, -0.2) is 61.4 Å². The predicted octanol–water partition coefficient (Wildman–Crippen LogP) is 3.17. The molecule has 1 aliphatic heterocycles. The number of piperidine rings is 1. The average molecular weight is 444 g/mol. The molecule has 2 aromatic rings. The van der Waals surface area contributed by atoms with Gasteiger partial charge in [-0.2, -0.15) is 0 Å². The van der Waals surface area contributed by atoms with E-state index in [1.807, 2.05) is 29.2 Å². The molecule has 1 aliphatic rings. The van der Waals surface area contributed by atoms with Crippen molar-refractivity contribution in [1.82, 2.24) is 15.1 Å². The third-order valence-corrected chi connectivity index (χ3v) is 6.90. The lowest BCUT2D eigenvalue weighted by Gasteiger charge is -2.34. The van der Waals surface area contributed by atoms with E-state index in [1.54, 1.807) is 25.5 Å². The van der Waals surface area contributed by atoms with Crippen LogP contribution < -0.4 is 10.1 Å². The molecule has 0 aliphatic carbocycles. The molecule has 1 saturated heterocycles. The van der Waals surface area contributed by atoms with Crippen LogP contribution in [0.5, 0.6) is 5.75 Å². The second-order valence-electron chi connectivity index (χ2n) is 8.17. The highest BCUT2D eigenvalue weighted by Gasteiger charge is 2.28. The Kier molecular flexibility index (Phi) is 8.49. The number of hydrogen-bond donors (Lipinski definition) is 1. The Hall–Kier alpha value is -2.38. The molecule has 0 saturated carbocycles. The summed E-state index contributed by atoms with van der Waals surface area (Å²) in [4.78, 5) is 30.7. The number of ether oxygens (including phenoxy) is 1. The summed E-state index contributed by atoms with van der Waals surface area (Å²) in [5.74, 6) is 1.12. The van der Waals surface area contributed by atoms with Gasteiger partial charge in [-0.1, -0.05) is 18.2 Å². The van der Waals surface area contributed by atoms with Crippen molar-refractivity contribution in [2.75, 3.05) is 33.8 Å². The Bertz CT molecular complexity index is 830. The lowest BCUT2D eigenvalue weighted by molar-refractivity contribution is -0.135. The molecule has 0 radical (unpaired) electrons. The summed E-state index contributed by atoms with van der Waals surface area (Å²) in [6.07, 6.45) is 2.45. The van der Waals surface area contributed by atoms with Crippen LogP contribution >= 0.6 is 11.3 Å². The minimum atomic E-state index is 0.0597. The normalized spacial score (nSPS) is 16.0. The van der Waals surface area contributed by atoms with Crippen molar-refractivity contribution in [3.63, 3.8) is 0 Å². The molecule has 1 fully saturated rings. The SMILES string of the molecule is CNC(=O)C1CCN(CC(=O)N(Cc2ccc(OC)cc2)[C@@H](C)Cc2cccs2)CC1. The Morgan fingerprint density at radius 3 is 2.52 bits per heavy atom. The minimum absolute atomic E-state index is 0.0597. The molecule has 1 N–H and O–H groups in total. The molecule has 168 valence electrons. The number of carbonyl (C=O) groups is 2. The van der Waals surface area contributed by atoms with Crippen LogP contribution in [0.4, 0.5) is 0 Å². The molecule has 7 heteroatoms. The van der Waals surface area contributed by atoms with Crippen LogP contribution in [0.3, 0.4) is 0 Å². The monoisotopic (exact) mass is 443 g/mol. The van der Waals surface area contributed by atoms with Crippen LogP contribution in [0.25, 0.3) is 0 Å². The van der Waals surface area contributed by atoms with Gasteiger partial charge in [-0.15, -0.1) is 11.3 Å². The quantitative estimate of drug-likeness (QED) is 0.647. The number of benzene rings is 1. The van der Waals surface area contributed by atoms with Crippen LogP contribution in [0.2, 0.25) is 0 Å². The molecule has 0 bridgehead atoms. The van der Waals surface area contributed by atoms with Gasteiger partial charge in [0.2, 0.25) is 11.8 Å². The lowest BCUT2D eigenvalue weighted by Crippen LogP contribution is -2.47. The minimum Gasteiger partial charge on any atom is -0.497 e. The Labute approximate surface area is 189 Å². The van der Waals surface area contributed by atoms with Crippen molar-refractivity contribution in [3.05, 3.63) is 52.2 Å². The molecule has 6 nitrogen and oxygen atoms in total. The average Bonchev–Trinajstić information content (AvgIpc) is 3.30. The van der Waals surface area contributed by atoms with E-state index in [0.29, 0.717) is 13.1 Å².